The van der Waals surface area contributed by atoms with Crippen LogP contribution in [0.25, 0.3) is 0 Å². The fourth-order valence-electron chi connectivity index (χ4n) is 3.04. The first-order valence-corrected chi connectivity index (χ1v) is 7.87. The third-order valence-corrected chi connectivity index (χ3v) is 4.55. The number of carbonyl (C=O) groups is 2. The summed E-state index contributed by atoms with van der Waals surface area (Å²) >= 11 is 0. The van der Waals surface area contributed by atoms with Gasteiger partial charge >= 0.3 is 5.97 Å². The topological polar surface area (TPSA) is 112 Å². The number of amides is 1. The molecule has 2 aromatic rings. The molecule has 0 atom stereocenters. The minimum Gasteiger partial charge on any atom is -0.479 e. The lowest BCUT2D eigenvalue weighted by Gasteiger charge is -2.38. The van der Waals surface area contributed by atoms with Crippen molar-refractivity contribution in [2.45, 2.75) is 25.3 Å². The third-order valence-electron chi connectivity index (χ3n) is 4.55. The number of pyridine rings is 1. The number of nitriles is 1. The summed E-state index contributed by atoms with van der Waals surface area (Å²) in [6, 6.07) is 4.96. The maximum absolute atomic E-state index is 12.6. The van der Waals surface area contributed by atoms with Crippen LogP contribution in [0.3, 0.4) is 0 Å². The first-order valence-electron chi connectivity index (χ1n) is 7.87. The highest BCUT2D eigenvalue weighted by Crippen LogP contribution is 2.31. The van der Waals surface area contributed by atoms with E-state index >= 15 is 0 Å². The number of rotatable bonds is 3. The van der Waals surface area contributed by atoms with Crippen molar-refractivity contribution in [3.05, 3.63) is 47.5 Å². The normalized spacial score (nSPS) is 16.2. The van der Waals surface area contributed by atoms with Gasteiger partial charge in [0.2, 0.25) is 0 Å². The van der Waals surface area contributed by atoms with E-state index in [0.717, 1.165) is 5.56 Å². The number of aliphatic carboxylic acids is 1. The van der Waals surface area contributed by atoms with Gasteiger partial charge in [-0.3, -0.25) is 9.48 Å². The Bertz CT molecular complexity index is 842. The van der Waals surface area contributed by atoms with Gasteiger partial charge in [0.1, 0.15) is 11.8 Å². The van der Waals surface area contributed by atoms with Gasteiger partial charge < -0.3 is 10.0 Å². The number of likely N-dealkylation sites (tertiary alicyclic amines) is 1. The molecule has 8 heteroatoms. The second-order valence-corrected chi connectivity index (χ2v) is 6.14. The smallest absolute Gasteiger partial charge is 0.331 e. The standard InChI is InChI=1S/C17H17N5O3/c1-12-9-20-22(11-12)17(16(24)25)4-6-21(7-5-17)15(23)13-2-3-14(8-18)19-10-13/h2-3,9-11H,4-7H2,1H3,(H,24,25). The number of hydrogen-bond donors (Lipinski definition) is 1. The quantitative estimate of drug-likeness (QED) is 0.898. The van der Waals surface area contributed by atoms with Gasteiger partial charge in [-0.15, -0.1) is 0 Å². The molecule has 3 rings (SSSR count). The van der Waals surface area contributed by atoms with Crippen LogP contribution < -0.4 is 0 Å². The van der Waals surface area contributed by atoms with Crippen LogP contribution in [0.1, 0.15) is 34.5 Å². The Balaban J connectivity index is 1.76. The van der Waals surface area contributed by atoms with Gasteiger partial charge in [-0.25, -0.2) is 9.78 Å². The number of nitrogens with zero attached hydrogens (tertiary/aromatic N) is 5. The van der Waals surface area contributed by atoms with E-state index in [2.05, 4.69) is 10.1 Å². The fraction of sp³-hybridized carbons (Fsp3) is 0.353. The number of hydrogen-bond acceptors (Lipinski definition) is 5. The summed E-state index contributed by atoms with van der Waals surface area (Å²) in [5.41, 5.74) is 0.391. The lowest BCUT2D eigenvalue weighted by atomic mass is 9.87. The SMILES string of the molecule is Cc1cnn(C2(C(=O)O)CCN(C(=O)c3ccc(C#N)nc3)CC2)c1. The summed E-state index contributed by atoms with van der Waals surface area (Å²) in [5, 5.41) is 22.7. The van der Waals surface area contributed by atoms with E-state index in [1.807, 2.05) is 13.0 Å². The van der Waals surface area contributed by atoms with Crippen molar-refractivity contribution in [2.24, 2.45) is 0 Å². The highest BCUT2D eigenvalue weighted by Gasteiger charge is 2.45. The monoisotopic (exact) mass is 339 g/mol. The van der Waals surface area contributed by atoms with Crippen LogP contribution in [-0.4, -0.2) is 49.7 Å². The van der Waals surface area contributed by atoms with E-state index in [-0.39, 0.29) is 24.4 Å². The molecule has 25 heavy (non-hydrogen) atoms. The third kappa shape index (κ3) is 2.96. The number of carboxylic acids is 1. The summed E-state index contributed by atoms with van der Waals surface area (Å²) in [5.74, 6) is -1.16. The Hall–Kier alpha value is -3.21. The number of carboxylic acid groups (broad SMARTS) is 1. The van der Waals surface area contributed by atoms with Crippen molar-refractivity contribution >= 4 is 11.9 Å². The van der Waals surface area contributed by atoms with Gasteiger partial charge in [0.25, 0.3) is 5.91 Å². The molecule has 0 spiro atoms. The van der Waals surface area contributed by atoms with E-state index in [0.29, 0.717) is 18.7 Å². The van der Waals surface area contributed by atoms with Gasteiger partial charge in [0.05, 0.1) is 11.8 Å². The number of piperidine rings is 1. The minimum absolute atomic E-state index is 0.215. The summed E-state index contributed by atoms with van der Waals surface area (Å²) in [7, 11) is 0. The van der Waals surface area contributed by atoms with Crippen LogP contribution in [0, 0.1) is 18.3 Å². The maximum atomic E-state index is 12.6. The van der Waals surface area contributed by atoms with Crippen LogP contribution >= 0.6 is 0 Å². The van der Waals surface area contributed by atoms with E-state index in [1.165, 1.54) is 16.9 Å². The number of carbonyl (C=O) groups excluding carboxylic acids is 1. The summed E-state index contributed by atoms with van der Waals surface area (Å²) in [6.45, 7) is 2.48. The second kappa shape index (κ2) is 6.36. The average Bonchev–Trinajstić information content (AvgIpc) is 3.08. The zero-order valence-electron chi connectivity index (χ0n) is 13.7. The molecule has 1 amide bonds. The molecule has 0 unspecified atom stereocenters. The lowest BCUT2D eigenvalue weighted by Crippen LogP contribution is -2.52. The predicted molar refractivity (Wildman–Crippen MR) is 86.7 cm³/mol. The van der Waals surface area contributed by atoms with Crippen LogP contribution in [0.15, 0.2) is 30.7 Å². The number of aromatic nitrogens is 3. The van der Waals surface area contributed by atoms with Crippen molar-refractivity contribution in [3.63, 3.8) is 0 Å². The summed E-state index contributed by atoms with van der Waals surface area (Å²) in [6.07, 6.45) is 5.27. The minimum atomic E-state index is -1.13. The largest absolute Gasteiger partial charge is 0.479 e. The summed E-state index contributed by atoms with van der Waals surface area (Å²) in [4.78, 5) is 30.0. The molecule has 1 N–H and O–H groups in total. The van der Waals surface area contributed by atoms with Crippen molar-refractivity contribution in [1.82, 2.24) is 19.7 Å². The van der Waals surface area contributed by atoms with E-state index in [4.69, 9.17) is 5.26 Å². The van der Waals surface area contributed by atoms with Crippen LogP contribution in [-0.2, 0) is 10.3 Å². The Morgan fingerprint density at radius 1 is 1.28 bits per heavy atom. The zero-order chi connectivity index (χ0) is 18.0. The lowest BCUT2D eigenvalue weighted by molar-refractivity contribution is -0.150. The molecule has 0 bridgehead atoms. The van der Waals surface area contributed by atoms with E-state index < -0.39 is 11.5 Å². The van der Waals surface area contributed by atoms with Gasteiger partial charge in [-0.05, 0) is 24.6 Å². The molecule has 1 saturated heterocycles. The second-order valence-electron chi connectivity index (χ2n) is 6.14. The molecule has 0 saturated carbocycles. The van der Waals surface area contributed by atoms with E-state index in [9.17, 15) is 14.7 Å². The van der Waals surface area contributed by atoms with Crippen molar-refractivity contribution in [2.75, 3.05) is 13.1 Å². The molecule has 2 aromatic heterocycles. The van der Waals surface area contributed by atoms with Gasteiger partial charge in [-0.2, -0.15) is 10.4 Å². The van der Waals surface area contributed by atoms with Gasteiger partial charge in [0, 0.05) is 38.3 Å². The van der Waals surface area contributed by atoms with Crippen molar-refractivity contribution in [3.8, 4) is 6.07 Å². The molecular weight excluding hydrogens is 322 g/mol. The molecule has 0 aromatic carbocycles. The Morgan fingerprint density at radius 2 is 2.00 bits per heavy atom. The van der Waals surface area contributed by atoms with Gasteiger partial charge in [-0.1, -0.05) is 0 Å². The maximum Gasteiger partial charge on any atom is 0.331 e. The molecule has 1 aliphatic heterocycles. The first kappa shape index (κ1) is 16.6. The Labute approximate surface area is 144 Å². The predicted octanol–water partition coefficient (Wildman–Crippen LogP) is 1.17. The molecule has 1 fully saturated rings. The Kier molecular flexibility index (Phi) is 4.23. The average molecular weight is 339 g/mol. The van der Waals surface area contributed by atoms with Gasteiger partial charge in [0.15, 0.2) is 5.54 Å². The van der Waals surface area contributed by atoms with Crippen molar-refractivity contribution < 1.29 is 14.7 Å². The molecule has 0 aliphatic carbocycles. The molecule has 128 valence electrons. The van der Waals surface area contributed by atoms with Crippen LogP contribution in [0.4, 0.5) is 0 Å². The van der Waals surface area contributed by atoms with Crippen molar-refractivity contribution in [1.29, 1.82) is 5.26 Å². The Morgan fingerprint density at radius 3 is 2.48 bits per heavy atom. The van der Waals surface area contributed by atoms with Crippen LogP contribution in [0.2, 0.25) is 0 Å². The summed E-state index contributed by atoms with van der Waals surface area (Å²) < 4.78 is 1.50. The molecule has 1 aliphatic rings. The molecule has 8 nitrogen and oxygen atoms in total. The molecular formula is C17H17N5O3. The number of aryl methyl sites for hydroxylation is 1. The van der Waals surface area contributed by atoms with E-state index in [1.54, 1.807) is 23.4 Å². The molecule has 0 radical (unpaired) electrons. The highest BCUT2D eigenvalue weighted by molar-refractivity contribution is 5.94. The molecule has 3 heterocycles. The first-order chi connectivity index (χ1) is 12.0. The van der Waals surface area contributed by atoms with Crippen LogP contribution in [0.5, 0.6) is 0 Å². The highest BCUT2D eigenvalue weighted by atomic mass is 16.4. The fourth-order valence-corrected chi connectivity index (χ4v) is 3.04. The zero-order valence-corrected chi connectivity index (χ0v) is 13.7.